The molecule has 0 amide bonds. The Morgan fingerprint density at radius 1 is 1.28 bits per heavy atom. The predicted octanol–water partition coefficient (Wildman–Crippen LogP) is 4.46. The van der Waals surface area contributed by atoms with Crippen LogP contribution in [0.2, 0.25) is 10.0 Å². The zero-order valence-electron chi connectivity index (χ0n) is 11.4. The summed E-state index contributed by atoms with van der Waals surface area (Å²) in [4.78, 5) is 0. The third kappa shape index (κ3) is 3.39. The van der Waals surface area contributed by atoms with E-state index < -0.39 is 0 Å². The largest absolute Gasteiger partial charge is 0.377 e. The zero-order valence-corrected chi connectivity index (χ0v) is 12.9. The predicted molar refractivity (Wildman–Crippen MR) is 78.6 cm³/mol. The van der Waals surface area contributed by atoms with Gasteiger partial charge in [-0.15, -0.1) is 0 Å². The van der Waals surface area contributed by atoms with Crippen LogP contribution in [0.3, 0.4) is 0 Å². The van der Waals surface area contributed by atoms with Crippen LogP contribution in [0.4, 0.5) is 0 Å². The fourth-order valence-corrected chi connectivity index (χ4v) is 2.36. The van der Waals surface area contributed by atoms with Gasteiger partial charge in [0.15, 0.2) is 0 Å². The molecule has 0 bridgehead atoms. The first-order chi connectivity index (χ1) is 8.48. The maximum atomic E-state index is 6.09. The summed E-state index contributed by atoms with van der Waals surface area (Å²) >= 11 is 12.1. The van der Waals surface area contributed by atoms with Gasteiger partial charge in [0.1, 0.15) is 0 Å². The summed E-state index contributed by atoms with van der Waals surface area (Å²) in [5.41, 5.74) is 0.824. The molecule has 0 aliphatic rings. The van der Waals surface area contributed by atoms with E-state index in [0.717, 1.165) is 18.5 Å². The highest BCUT2D eigenvalue weighted by Gasteiger charge is 2.33. The number of rotatable bonds is 6. The van der Waals surface area contributed by atoms with Gasteiger partial charge >= 0.3 is 0 Å². The summed E-state index contributed by atoms with van der Waals surface area (Å²) in [6, 6.07) is 5.82. The van der Waals surface area contributed by atoms with Crippen LogP contribution in [0, 0.1) is 0 Å². The van der Waals surface area contributed by atoms with Crippen LogP contribution in [-0.4, -0.2) is 19.3 Å². The molecular formula is C14H21Cl2NO. The molecule has 2 atom stereocenters. The highest BCUT2D eigenvalue weighted by atomic mass is 35.5. The Morgan fingerprint density at radius 2 is 1.94 bits per heavy atom. The lowest BCUT2D eigenvalue weighted by Gasteiger charge is -2.36. The van der Waals surface area contributed by atoms with Crippen LogP contribution >= 0.6 is 23.2 Å². The van der Waals surface area contributed by atoms with Crippen molar-refractivity contribution in [2.75, 3.05) is 13.7 Å². The first kappa shape index (κ1) is 15.8. The van der Waals surface area contributed by atoms with Crippen molar-refractivity contribution in [1.82, 2.24) is 5.32 Å². The quantitative estimate of drug-likeness (QED) is 0.835. The highest BCUT2D eigenvalue weighted by molar-refractivity contribution is 6.42. The maximum Gasteiger partial charge on any atom is 0.0841 e. The van der Waals surface area contributed by atoms with Gasteiger partial charge in [-0.25, -0.2) is 0 Å². The number of hydrogen-bond acceptors (Lipinski definition) is 2. The second-order valence-electron chi connectivity index (χ2n) is 4.53. The normalized spacial score (nSPS) is 16.3. The Hall–Kier alpha value is -0.280. The van der Waals surface area contributed by atoms with Gasteiger partial charge < -0.3 is 10.1 Å². The minimum absolute atomic E-state index is 0.0901. The monoisotopic (exact) mass is 289 g/mol. The summed E-state index contributed by atoms with van der Waals surface area (Å²) in [6.07, 6.45) is 0.904. The van der Waals surface area contributed by atoms with Crippen LogP contribution in [-0.2, 0) is 4.74 Å². The molecule has 0 fully saturated rings. The third-order valence-electron chi connectivity index (χ3n) is 3.46. The fourth-order valence-electron chi connectivity index (χ4n) is 2.05. The SMILES string of the molecule is CCNC(c1ccc(Cl)c(Cl)c1)C(C)(CC)OC. The third-order valence-corrected chi connectivity index (χ3v) is 4.20. The lowest BCUT2D eigenvalue weighted by Crippen LogP contribution is -2.42. The van der Waals surface area contributed by atoms with Gasteiger partial charge in [-0.2, -0.15) is 0 Å². The molecule has 1 rings (SSSR count). The van der Waals surface area contributed by atoms with Gasteiger partial charge in [0.25, 0.3) is 0 Å². The van der Waals surface area contributed by atoms with Crippen LogP contribution in [0.5, 0.6) is 0 Å². The van der Waals surface area contributed by atoms with Crippen LogP contribution in [0.15, 0.2) is 18.2 Å². The second-order valence-corrected chi connectivity index (χ2v) is 5.35. The molecule has 0 radical (unpaired) electrons. The number of likely N-dealkylation sites (N-methyl/N-ethyl adjacent to an activating group) is 1. The van der Waals surface area contributed by atoms with E-state index in [1.54, 1.807) is 7.11 Å². The van der Waals surface area contributed by atoms with E-state index in [1.165, 1.54) is 0 Å². The molecule has 0 saturated heterocycles. The minimum Gasteiger partial charge on any atom is -0.377 e. The zero-order chi connectivity index (χ0) is 13.8. The molecule has 0 heterocycles. The van der Waals surface area contributed by atoms with Crippen LogP contribution < -0.4 is 5.32 Å². The minimum atomic E-state index is -0.271. The number of nitrogens with one attached hydrogen (secondary N) is 1. The van der Waals surface area contributed by atoms with Crippen molar-refractivity contribution < 1.29 is 4.74 Å². The van der Waals surface area contributed by atoms with E-state index in [9.17, 15) is 0 Å². The Morgan fingerprint density at radius 3 is 2.39 bits per heavy atom. The van der Waals surface area contributed by atoms with Gasteiger partial charge in [-0.3, -0.25) is 0 Å². The molecule has 1 aromatic rings. The Balaban J connectivity index is 3.14. The number of ether oxygens (including phenoxy) is 1. The van der Waals surface area contributed by atoms with Gasteiger partial charge in [-0.1, -0.05) is 43.1 Å². The van der Waals surface area contributed by atoms with Crippen molar-refractivity contribution in [2.45, 2.75) is 38.8 Å². The molecule has 0 aromatic heterocycles. The van der Waals surface area contributed by atoms with E-state index in [0.29, 0.717) is 10.0 Å². The van der Waals surface area contributed by atoms with Crippen molar-refractivity contribution >= 4 is 23.2 Å². The average Bonchev–Trinajstić information content (AvgIpc) is 2.38. The summed E-state index contributed by atoms with van der Waals surface area (Å²) in [6.45, 7) is 7.16. The molecule has 18 heavy (non-hydrogen) atoms. The molecule has 2 nitrogen and oxygen atoms in total. The van der Waals surface area contributed by atoms with Crippen molar-refractivity contribution in [3.8, 4) is 0 Å². The van der Waals surface area contributed by atoms with E-state index in [2.05, 4.69) is 26.1 Å². The fraction of sp³-hybridized carbons (Fsp3) is 0.571. The first-order valence-corrected chi connectivity index (χ1v) is 6.97. The Kier molecular flexibility index (Phi) is 5.93. The first-order valence-electron chi connectivity index (χ1n) is 6.22. The van der Waals surface area contributed by atoms with Crippen LogP contribution in [0.25, 0.3) is 0 Å². The van der Waals surface area contributed by atoms with E-state index in [-0.39, 0.29) is 11.6 Å². The summed E-state index contributed by atoms with van der Waals surface area (Å²) in [7, 11) is 1.74. The Bertz CT molecular complexity index is 391. The van der Waals surface area contributed by atoms with Crippen LogP contribution in [0.1, 0.15) is 38.8 Å². The summed E-state index contributed by atoms with van der Waals surface area (Å²) in [5.74, 6) is 0. The maximum absolute atomic E-state index is 6.09. The summed E-state index contributed by atoms with van der Waals surface area (Å²) in [5, 5.41) is 4.61. The molecular weight excluding hydrogens is 269 g/mol. The van der Waals surface area contributed by atoms with E-state index >= 15 is 0 Å². The van der Waals surface area contributed by atoms with Gasteiger partial charge in [0.05, 0.1) is 21.7 Å². The topological polar surface area (TPSA) is 21.3 Å². The van der Waals surface area contributed by atoms with E-state index in [1.807, 2.05) is 18.2 Å². The molecule has 0 aliphatic carbocycles. The molecule has 0 spiro atoms. The van der Waals surface area contributed by atoms with Crippen molar-refractivity contribution in [1.29, 1.82) is 0 Å². The molecule has 1 aromatic carbocycles. The Labute approximate surface area is 120 Å². The number of benzene rings is 1. The van der Waals surface area contributed by atoms with Crippen molar-refractivity contribution in [3.05, 3.63) is 33.8 Å². The average molecular weight is 290 g/mol. The number of methoxy groups -OCH3 is 1. The molecule has 4 heteroatoms. The van der Waals surface area contributed by atoms with Gasteiger partial charge in [0, 0.05) is 7.11 Å². The number of hydrogen-bond donors (Lipinski definition) is 1. The highest BCUT2D eigenvalue weighted by Crippen LogP contribution is 2.34. The number of halogens is 2. The lowest BCUT2D eigenvalue weighted by atomic mass is 9.87. The smallest absolute Gasteiger partial charge is 0.0841 e. The van der Waals surface area contributed by atoms with E-state index in [4.69, 9.17) is 27.9 Å². The van der Waals surface area contributed by atoms with Crippen molar-refractivity contribution in [2.24, 2.45) is 0 Å². The molecule has 0 saturated carbocycles. The molecule has 0 aliphatic heterocycles. The molecule has 1 N–H and O–H groups in total. The lowest BCUT2D eigenvalue weighted by molar-refractivity contribution is -0.0295. The second kappa shape index (κ2) is 6.76. The standard InChI is InChI=1S/C14H21Cl2NO/c1-5-14(3,18-4)13(17-6-2)10-7-8-11(15)12(16)9-10/h7-9,13,17H,5-6H2,1-4H3. The van der Waals surface area contributed by atoms with Crippen molar-refractivity contribution in [3.63, 3.8) is 0 Å². The van der Waals surface area contributed by atoms with Gasteiger partial charge in [-0.05, 0) is 37.6 Å². The molecule has 102 valence electrons. The summed E-state index contributed by atoms with van der Waals surface area (Å²) < 4.78 is 5.69. The van der Waals surface area contributed by atoms with Gasteiger partial charge in [0.2, 0.25) is 0 Å². The molecule has 2 unspecified atom stereocenters.